The molecule has 1 amide bonds. The molecule has 0 saturated carbocycles. The van der Waals surface area contributed by atoms with Gasteiger partial charge in [-0.1, -0.05) is 13.5 Å². The van der Waals surface area contributed by atoms with Gasteiger partial charge in [0.15, 0.2) is 0 Å². The third-order valence-corrected chi connectivity index (χ3v) is 2.41. The van der Waals surface area contributed by atoms with Crippen LogP contribution in [0.4, 0.5) is 0 Å². The average molecular weight is 229 g/mol. The molecule has 0 bridgehead atoms. The molecule has 0 aliphatic carbocycles. The van der Waals surface area contributed by atoms with Crippen LogP contribution in [0.15, 0.2) is 12.2 Å². The van der Waals surface area contributed by atoms with Crippen LogP contribution in [0.3, 0.4) is 0 Å². The smallest absolute Gasteiger partial charge is 0.251 e. The second-order valence-corrected chi connectivity index (χ2v) is 3.77. The molecule has 0 aromatic rings. The van der Waals surface area contributed by atoms with Crippen molar-refractivity contribution < 1.29 is 14.3 Å². The molecular formula is C12H23NO3. The van der Waals surface area contributed by atoms with E-state index in [2.05, 4.69) is 6.58 Å². The van der Waals surface area contributed by atoms with E-state index in [1.54, 1.807) is 11.9 Å². The van der Waals surface area contributed by atoms with Gasteiger partial charge >= 0.3 is 0 Å². The predicted octanol–water partition coefficient (Wildman–Crippen LogP) is 1.81. The van der Waals surface area contributed by atoms with Crippen LogP contribution in [0.1, 0.15) is 27.2 Å². The Labute approximate surface area is 98.2 Å². The first kappa shape index (κ1) is 15.1. The predicted molar refractivity (Wildman–Crippen MR) is 64.1 cm³/mol. The van der Waals surface area contributed by atoms with Crippen molar-refractivity contribution in [2.75, 3.05) is 27.0 Å². The molecule has 1 atom stereocenters. The van der Waals surface area contributed by atoms with E-state index < -0.39 is 0 Å². The first-order chi connectivity index (χ1) is 7.52. The van der Waals surface area contributed by atoms with Gasteiger partial charge in [0.1, 0.15) is 6.79 Å². The third-order valence-electron chi connectivity index (χ3n) is 2.41. The van der Waals surface area contributed by atoms with Crippen LogP contribution >= 0.6 is 0 Å². The van der Waals surface area contributed by atoms with Gasteiger partial charge in [0.25, 0.3) is 5.91 Å². The molecule has 0 aliphatic heterocycles. The maximum atomic E-state index is 11.6. The molecule has 0 rings (SSSR count). The summed E-state index contributed by atoms with van der Waals surface area (Å²) in [6, 6.07) is 0. The lowest BCUT2D eigenvalue weighted by Gasteiger charge is -2.16. The highest BCUT2D eigenvalue weighted by Crippen LogP contribution is 2.00. The molecule has 4 nitrogen and oxygen atoms in total. The highest BCUT2D eigenvalue weighted by molar-refractivity contribution is 5.92. The minimum atomic E-state index is -0.0777. The zero-order valence-corrected chi connectivity index (χ0v) is 10.8. The number of hydrogen-bond donors (Lipinski definition) is 0. The maximum absolute atomic E-state index is 11.6. The van der Waals surface area contributed by atoms with Crippen molar-refractivity contribution >= 4 is 5.91 Å². The Hall–Kier alpha value is -0.870. The second-order valence-electron chi connectivity index (χ2n) is 3.77. The summed E-state index contributed by atoms with van der Waals surface area (Å²) < 4.78 is 10.5. The summed E-state index contributed by atoms with van der Waals surface area (Å²) in [6.45, 7) is 10.7. The van der Waals surface area contributed by atoms with Crippen molar-refractivity contribution in [3.63, 3.8) is 0 Å². The Balaban J connectivity index is 3.69. The standard InChI is InChI=1S/C12H23NO3/c1-6-11(4)16-9-15-8-10(3)12(14)13(5)7-2/h11H,3,6-9H2,1-2,4-5H3. The van der Waals surface area contributed by atoms with Crippen LogP contribution in [0.25, 0.3) is 0 Å². The van der Waals surface area contributed by atoms with Gasteiger partial charge in [0.05, 0.1) is 12.7 Å². The molecule has 0 radical (unpaired) electrons. The Morgan fingerprint density at radius 3 is 2.56 bits per heavy atom. The first-order valence-corrected chi connectivity index (χ1v) is 5.65. The summed E-state index contributed by atoms with van der Waals surface area (Å²) in [6.07, 6.45) is 1.13. The number of likely N-dealkylation sites (N-methyl/N-ethyl adjacent to an activating group) is 1. The van der Waals surface area contributed by atoms with Crippen LogP contribution in [0, 0.1) is 0 Å². The van der Waals surface area contributed by atoms with Crippen molar-refractivity contribution in [3.05, 3.63) is 12.2 Å². The average Bonchev–Trinajstić information content (AvgIpc) is 2.31. The summed E-state index contributed by atoms with van der Waals surface area (Å²) in [5.41, 5.74) is 0.456. The van der Waals surface area contributed by atoms with Crippen molar-refractivity contribution in [2.45, 2.75) is 33.3 Å². The van der Waals surface area contributed by atoms with Crippen LogP contribution in [0.5, 0.6) is 0 Å². The topological polar surface area (TPSA) is 38.8 Å². The molecular weight excluding hydrogens is 206 g/mol. The van der Waals surface area contributed by atoms with Crippen molar-refractivity contribution in [3.8, 4) is 0 Å². The summed E-state index contributed by atoms with van der Waals surface area (Å²) >= 11 is 0. The first-order valence-electron chi connectivity index (χ1n) is 5.65. The van der Waals surface area contributed by atoms with E-state index in [9.17, 15) is 4.79 Å². The van der Waals surface area contributed by atoms with E-state index in [4.69, 9.17) is 9.47 Å². The number of ether oxygens (including phenoxy) is 2. The van der Waals surface area contributed by atoms with E-state index in [1.165, 1.54) is 0 Å². The van der Waals surface area contributed by atoms with E-state index in [1.807, 2.05) is 20.8 Å². The molecule has 1 unspecified atom stereocenters. The quantitative estimate of drug-likeness (QED) is 0.362. The zero-order chi connectivity index (χ0) is 12.6. The number of nitrogens with zero attached hydrogens (tertiary/aromatic N) is 1. The molecule has 0 aromatic carbocycles. The molecule has 0 fully saturated rings. The molecule has 0 heterocycles. The Bertz CT molecular complexity index is 228. The molecule has 4 heteroatoms. The summed E-state index contributed by atoms with van der Waals surface area (Å²) in [5, 5.41) is 0. The van der Waals surface area contributed by atoms with Gasteiger partial charge in [0.2, 0.25) is 0 Å². The highest BCUT2D eigenvalue weighted by Gasteiger charge is 2.11. The highest BCUT2D eigenvalue weighted by atomic mass is 16.7. The monoisotopic (exact) mass is 229 g/mol. The van der Waals surface area contributed by atoms with E-state index in [-0.39, 0.29) is 25.4 Å². The largest absolute Gasteiger partial charge is 0.352 e. The Kier molecular flexibility index (Phi) is 7.85. The van der Waals surface area contributed by atoms with Crippen LogP contribution < -0.4 is 0 Å². The van der Waals surface area contributed by atoms with E-state index in [0.29, 0.717) is 12.1 Å². The third kappa shape index (κ3) is 5.88. The normalized spacial score (nSPS) is 12.2. The summed E-state index contributed by atoms with van der Waals surface area (Å²) in [4.78, 5) is 13.2. The van der Waals surface area contributed by atoms with Crippen molar-refractivity contribution in [1.82, 2.24) is 4.90 Å². The number of amides is 1. The lowest BCUT2D eigenvalue weighted by Crippen LogP contribution is -2.29. The maximum Gasteiger partial charge on any atom is 0.251 e. The number of rotatable bonds is 8. The van der Waals surface area contributed by atoms with Gasteiger partial charge in [-0.3, -0.25) is 4.79 Å². The lowest BCUT2D eigenvalue weighted by molar-refractivity contribution is -0.127. The van der Waals surface area contributed by atoms with E-state index >= 15 is 0 Å². The van der Waals surface area contributed by atoms with Gasteiger partial charge in [-0.15, -0.1) is 0 Å². The Morgan fingerprint density at radius 2 is 2.06 bits per heavy atom. The van der Waals surface area contributed by atoms with Crippen LogP contribution in [-0.4, -0.2) is 43.9 Å². The lowest BCUT2D eigenvalue weighted by atomic mass is 10.3. The molecule has 94 valence electrons. The SMILES string of the molecule is C=C(COCOC(C)CC)C(=O)N(C)CC. The number of carbonyl (C=O) groups is 1. The fraction of sp³-hybridized carbons (Fsp3) is 0.750. The van der Waals surface area contributed by atoms with Gasteiger partial charge in [-0.25, -0.2) is 0 Å². The fourth-order valence-corrected chi connectivity index (χ4v) is 0.922. The van der Waals surface area contributed by atoms with E-state index in [0.717, 1.165) is 6.42 Å². The molecule has 0 N–H and O–H groups in total. The van der Waals surface area contributed by atoms with Crippen molar-refractivity contribution in [1.29, 1.82) is 0 Å². The summed E-state index contributed by atoms with van der Waals surface area (Å²) in [7, 11) is 1.74. The molecule has 0 aliphatic rings. The van der Waals surface area contributed by atoms with Gasteiger partial charge in [0, 0.05) is 19.2 Å². The molecule has 0 saturated heterocycles. The molecule has 0 aromatic heterocycles. The minimum absolute atomic E-state index is 0.0777. The minimum Gasteiger partial charge on any atom is -0.352 e. The molecule has 16 heavy (non-hydrogen) atoms. The number of carbonyl (C=O) groups excluding carboxylic acids is 1. The van der Waals surface area contributed by atoms with Gasteiger partial charge in [-0.2, -0.15) is 0 Å². The van der Waals surface area contributed by atoms with Crippen LogP contribution in [0.2, 0.25) is 0 Å². The van der Waals surface area contributed by atoms with Crippen LogP contribution in [-0.2, 0) is 14.3 Å². The Morgan fingerprint density at radius 1 is 1.44 bits per heavy atom. The number of hydrogen-bond acceptors (Lipinski definition) is 3. The zero-order valence-electron chi connectivity index (χ0n) is 10.8. The summed E-state index contributed by atoms with van der Waals surface area (Å²) in [5.74, 6) is -0.0777. The van der Waals surface area contributed by atoms with Gasteiger partial charge < -0.3 is 14.4 Å². The second kappa shape index (κ2) is 8.30. The fourth-order valence-electron chi connectivity index (χ4n) is 0.922. The van der Waals surface area contributed by atoms with Gasteiger partial charge in [-0.05, 0) is 20.3 Å². The van der Waals surface area contributed by atoms with Crippen molar-refractivity contribution in [2.24, 2.45) is 0 Å². The molecule has 0 spiro atoms.